The largest absolute Gasteiger partial charge is 0.356 e. The second kappa shape index (κ2) is 7.36. The third-order valence-electron chi connectivity index (χ3n) is 6.87. The quantitative estimate of drug-likeness (QED) is 0.633. The third-order valence-corrected chi connectivity index (χ3v) is 7.68. The van der Waals surface area contributed by atoms with Crippen LogP contribution in [0.15, 0.2) is 35.3 Å². The van der Waals surface area contributed by atoms with Gasteiger partial charge in [0.15, 0.2) is 0 Å². The number of hydrogen-bond acceptors (Lipinski definition) is 5. The van der Waals surface area contributed by atoms with Crippen LogP contribution in [0.1, 0.15) is 36.0 Å². The van der Waals surface area contributed by atoms with E-state index >= 15 is 0 Å². The van der Waals surface area contributed by atoms with Crippen LogP contribution in [0.4, 0.5) is 5.82 Å². The van der Waals surface area contributed by atoms with Gasteiger partial charge in [-0.2, -0.15) is 5.10 Å². The monoisotopic (exact) mass is 458 g/mol. The van der Waals surface area contributed by atoms with Crippen LogP contribution >= 0.6 is 23.2 Å². The minimum atomic E-state index is -0.135. The molecule has 2 N–H and O–H groups in total. The molecular formula is C22H24Cl2N6O. The smallest absolute Gasteiger partial charge is 0.263 e. The Bertz CT molecular complexity index is 1230. The van der Waals surface area contributed by atoms with E-state index in [0.29, 0.717) is 27.1 Å². The average Bonchev–Trinajstić information content (AvgIpc) is 3.30. The maximum atomic E-state index is 13.3. The summed E-state index contributed by atoms with van der Waals surface area (Å²) in [7, 11) is 0. The zero-order valence-electron chi connectivity index (χ0n) is 17.5. The highest BCUT2D eigenvalue weighted by molar-refractivity contribution is 6.43. The number of fused-ring (bicyclic) bond motifs is 1. The molecule has 1 atom stereocenters. The van der Waals surface area contributed by atoms with Gasteiger partial charge in [0.05, 0.1) is 33.0 Å². The Morgan fingerprint density at radius 1 is 1.16 bits per heavy atom. The SMILES string of the molecule is Cc1c(N2CCC3(CC2)Cn2nccc2[C@H]3N)nc(C)n(-c2cccc(Cl)c2Cl)c1=O. The number of piperidine rings is 1. The average molecular weight is 459 g/mol. The number of nitrogens with two attached hydrogens (primary N) is 1. The minimum absolute atomic E-state index is 0.00841. The van der Waals surface area contributed by atoms with Crippen LogP contribution in [0.3, 0.4) is 0 Å². The van der Waals surface area contributed by atoms with E-state index in [0.717, 1.165) is 44.0 Å². The van der Waals surface area contributed by atoms with Gasteiger partial charge in [0, 0.05) is 31.2 Å². The molecule has 1 spiro atoms. The van der Waals surface area contributed by atoms with Crippen LogP contribution in [-0.4, -0.2) is 32.4 Å². The van der Waals surface area contributed by atoms with E-state index in [1.807, 2.05) is 30.8 Å². The summed E-state index contributed by atoms with van der Waals surface area (Å²) in [4.78, 5) is 20.3. The third kappa shape index (κ3) is 3.10. The summed E-state index contributed by atoms with van der Waals surface area (Å²) in [6, 6.07) is 7.26. The molecule has 1 saturated heterocycles. The highest BCUT2D eigenvalue weighted by Crippen LogP contribution is 2.48. The second-order valence-corrected chi connectivity index (χ2v) is 9.35. The molecule has 1 fully saturated rings. The summed E-state index contributed by atoms with van der Waals surface area (Å²) in [5.41, 5.74) is 8.74. The Labute approximate surface area is 190 Å². The summed E-state index contributed by atoms with van der Waals surface area (Å²) in [5, 5.41) is 5.16. The summed E-state index contributed by atoms with van der Waals surface area (Å²) >= 11 is 12.5. The lowest BCUT2D eigenvalue weighted by Gasteiger charge is -2.42. The summed E-state index contributed by atoms with van der Waals surface area (Å²) in [6.45, 7) is 6.09. The first kappa shape index (κ1) is 20.5. The maximum absolute atomic E-state index is 13.3. The van der Waals surface area contributed by atoms with Gasteiger partial charge >= 0.3 is 0 Å². The standard InChI is InChI=1S/C22H24Cl2N6O/c1-13-20(27-14(2)30(21(13)31)16-5-3-4-15(23)18(16)24)28-10-7-22(8-11-28)12-29-17(19(22)25)6-9-26-29/h3-6,9,19H,7-8,10-12,25H2,1-2H3/t19-/m1/s1. The van der Waals surface area contributed by atoms with Crippen LogP contribution in [-0.2, 0) is 6.54 Å². The molecular weight excluding hydrogens is 435 g/mol. The van der Waals surface area contributed by atoms with Crippen LogP contribution < -0.4 is 16.2 Å². The lowest BCUT2D eigenvalue weighted by Crippen LogP contribution is -2.45. The molecule has 0 unspecified atom stereocenters. The Morgan fingerprint density at radius 3 is 2.61 bits per heavy atom. The van der Waals surface area contributed by atoms with E-state index in [9.17, 15) is 4.79 Å². The van der Waals surface area contributed by atoms with Gasteiger partial charge in [-0.3, -0.25) is 14.0 Å². The van der Waals surface area contributed by atoms with Gasteiger partial charge in [-0.15, -0.1) is 0 Å². The van der Waals surface area contributed by atoms with Gasteiger partial charge in [-0.1, -0.05) is 29.3 Å². The van der Waals surface area contributed by atoms with E-state index in [-0.39, 0.29) is 17.0 Å². The fourth-order valence-electron chi connectivity index (χ4n) is 5.04. The molecule has 5 rings (SSSR count). The summed E-state index contributed by atoms with van der Waals surface area (Å²) < 4.78 is 3.56. The van der Waals surface area contributed by atoms with E-state index in [1.54, 1.807) is 18.2 Å². The molecule has 31 heavy (non-hydrogen) atoms. The number of nitrogens with zero attached hydrogens (tertiary/aromatic N) is 5. The lowest BCUT2D eigenvalue weighted by atomic mass is 9.73. The first-order chi connectivity index (χ1) is 14.8. The number of benzene rings is 1. The van der Waals surface area contributed by atoms with E-state index < -0.39 is 0 Å². The molecule has 7 nitrogen and oxygen atoms in total. The highest BCUT2D eigenvalue weighted by Gasteiger charge is 2.47. The summed E-state index contributed by atoms with van der Waals surface area (Å²) in [6.07, 6.45) is 3.68. The topological polar surface area (TPSA) is 82.0 Å². The molecule has 1 aromatic carbocycles. The molecule has 9 heteroatoms. The molecule has 4 heterocycles. The van der Waals surface area contributed by atoms with Crippen molar-refractivity contribution in [2.75, 3.05) is 18.0 Å². The Hall–Kier alpha value is -2.35. The lowest BCUT2D eigenvalue weighted by molar-refractivity contribution is 0.170. The van der Waals surface area contributed by atoms with Crippen molar-refractivity contribution in [1.29, 1.82) is 0 Å². The van der Waals surface area contributed by atoms with E-state index in [4.69, 9.17) is 33.9 Å². The van der Waals surface area contributed by atoms with E-state index in [2.05, 4.69) is 10.00 Å². The number of rotatable bonds is 2. The molecule has 0 saturated carbocycles. The van der Waals surface area contributed by atoms with Crippen molar-refractivity contribution < 1.29 is 0 Å². The van der Waals surface area contributed by atoms with Gasteiger partial charge in [-0.25, -0.2) is 4.98 Å². The molecule has 3 aromatic rings. The van der Waals surface area contributed by atoms with Gasteiger partial charge in [-0.05, 0) is 44.9 Å². The minimum Gasteiger partial charge on any atom is -0.356 e. The predicted octanol–water partition coefficient (Wildman–Crippen LogP) is 3.65. The molecule has 2 aliphatic heterocycles. The van der Waals surface area contributed by atoms with Gasteiger partial charge < -0.3 is 10.6 Å². The van der Waals surface area contributed by atoms with Crippen LogP contribution in [0.25, 0.3) is 5.69 Å². The predicted molar refractivity (Wildman–Crippen MR) is 122 cm³/mol. The zero-order valence-corrected chi connectivity index (χ0v) is 19.0. The van der Waals surface area contributed by atoms with Gasteiger partial charge in [0.1, 0.15) is 11.6 Å². The molecule has 0 amide bonds. The van der Waals surface area contributed by atoms with Crippen molar-refractivity contribution in [3.05, 3.63) is 67.9 Å². The van der Waals surface area contributed by atoms with Crippen molar-refractivity contribution in [2.24, 2.45) is 11.1 Å². The molecule has 0 bridgehead atoms. The number of anilines is 1. The molecule has 0 aliphatic carbocycles. The van der Waals surface area contributed by atoms with Crippen LogP contribution in [0.2, 0.25) is 10.0 Å². The number of aryl methyl sites for hydroxylation is 1. The van der Waals surface area contributed by atoms with Crippen LogP contribution in [0, 0.1) is 19.3 Å². The van der Waals surface area contributed by atoms with Crippen molar-refractivity contribution in [2.45, 2.75) is 39.3 Å². The number of hydrogen-bond donors (Lipinski definition) is 1. The normalized spacial score (nSPS) is 19.8. The molecule has 0 radical (unpaired) electrons. The highest BCUT2D eigenvalue weighted by atomic mass is 35.5. The Balaban J connectivity index is 1.44. The van der Waals surface area contributed by atoms with Crippen molar-refractivity contribution in [3.63, 3.8) is 0 Å². The van der Waals surface area contributed by atoms with E-state index in [1.165, 1.54) is 4.57 Å². The van der Waals surface area contributed by atoms with Crippen LogP contribution in [0.5, 0.6) is 0 Å². The van der Waals surface area contributed by atoms with Crippen molar-refractivity contribution >= 4 is 29.0 Å². The van der Waals surface area contributed by atoms with Crippen molar-refractivity contribution in [1.82, 2.24) is 19.3 Å². The number of aromatic nitrogens is 4. The van der Waals surface area contributed by atoms with Gasteiger partial charge in [0.2, 0.25) is 0 Å². The van der Waals surface area contributed by atoms with Crippen molar-refractivity contribution in [3.8, 4) is 5.69 Å². The fourth-order valence-corrected chi connectivity index (χ4v) is 5.42. The Kier molecular flexibility index (Phi) is 4.88. The summed E-state index contributed by atoms with van der Waals surface area (Å²) in [5.74, 6) is 1.31. The Morgan fingerprint density at radius 2 is 1.90 bits per heavy atom. The maximum Gasteiger partial charge on any atom is 0.263 e. The first-order valence-electron chi connectivity index (χ1n) is 10.4. The zero-order chi connectivity index (χ0) is 21.9. The molecule has 2 aliphatic rings. The molecule has 162 valence electrons. The second-order valence-electron chi connectivity index (χ2n) is 8.56. The molecule has 2 aromatic heterocycles. The first-order valence-corrected chi connectivity index (χ1v) is 11.1. The van der Waals surface area contributed by atoms with Gasteiger partial charge in [0.25, 0.3) is 5.56 Å². The number of halogens is 2. The fraction of sp³-hybridized carbons (Fsp3) is 0.409.